The van der Waals surface area contributed by atoms with Crippen LogP contribution in [0.4, 0.5) is 4.79 Å². The van der Waals surface area contributed by atoms with E-state index in [1.54, 1.807) is 23.0 Å². The summed E-state index contributed by atoms with van der Waals surface area (Å²) in [5, 5.41) is 12.4. The van der Waals surface area contributed by atoms with Gasteiger partial charge in [0.1, 0.15) is 6.10 Å². The van der Waals surface area contributed by atoms with Gasteiger partial charge >= 0.3 is 11.7 Å². The van der Waals surface area contributed by atoms with Gasteiger partial charge in [0.25, 0.3) is 0 Å². The van der Waals surface area contributed by atoms with Gasteiger partial charge in [0.15, 0.2) is 0 Å². The zero-order chi connectivity index (χ0) is 27.6. The molecule has 8 nitrogen and oxygen atoms in total. The molecule has 0 spiro atoms. The number of ether oxygens (including phenoxy) is 1. The summed E-state index contributed by atoms with van der Waals surface area (Å²) in [5.41, 5.74) is -0.0829. The molecule has 214 valence electrons. The first-order valence-corrected chi connectivity index (χ1v) is 15.1. The van der Waals surface area contributed by atoms with Crippen LogP contribution in [0.5, 0.6) is 0 Å². The van der Waals surface area contributed by atoms with Crippen molar-refractivity contribution in [3.8, 4) is 0 Å². The van der Waals surface area contributed by atoms with Crippen molar-refractivity contribution in [2.45, 2.75) is 96.2 Å². The van der Waals surface area contributed by atoms with Gasteiger partial charge in [0.2, 0.25) is 5.91 Å². The second-order valence-electron chi connectivity index (χ2n) is 13.6. The lowest BCUT2D eigenvalue weighted by molar-refractivity contribution is -0.205. The zero-order valence-electron chi connectivity index (χ0n) is 23.7. The van der Waals surface area contributed by atoms with Gasteiger partial charge in [-0.25, -0.2) is 9.59 Å². The van der Waals surface area contributed by atoms with Crippen molar-refractivity contribution in [1.29, 1.82) is 0 Å². The molecule has 1 N–H and O–H groups in total. The summed E-state index contributed by atoms with van der Waals surface area (Å²) >= 11 is 0. The molecule has 8 atom stereocenters. The van der Waals surface area contributed by atoms with Crippen LogP contribution in [0.3, 0.4) is 0 Å². The fourth-order valence-corrected chi connectivity index (χ4v) is 9.82. The van der Waals surface area contributed by atoms with Crippen molar-refractivity contribution in [3.63, 3.8) is 0 Å². The van der Waals surface area contributed by atoms with Crippen molar-refractivity contribution in [3.05, 3.63) is 34.4 Å². The van der Waals surface area contributed by atoms with Gasteiger partial charge < -0.3 is 24.1 Å². The summed E-state index contributed by atoms with van der Waals surface area (Å²) in [6.45, 7) is 8.49. The molecule has 0 radical (unpaired) electrons. The lowest BCUT2D eigenvalue weighted by Crippen LogP contribution is -2.62. The van der Waals surface area contributed by atoms with E-state index in [-0.39, 0.29) is 46.4 Å². The summed E-state index contributed by atoms with van der Waals surface area (Å²) in [7, 11) is 0. The molecule has 0 bridgehead atoms. The maximum atomic E-state index is 12.9. The molecule has 4 aliphatic carbocycles. The number of rotatable bonds is 2. The third kappa shape index (κ3) is 4.23. The molecule has 2 amide bonds. The number of amides is 2. The van der Waals surface area contributed by atoms with Crippen molar-refractivity contribution in [2.75, 3.05) is 26.2 Å². The van der Waals surface area contributed by atoms with Crippen LogP contribution in [0.15, 0.2) is 27.6 Å². The molecule has 1 aromatic rings. The van der Waals surface area contributed by atoms with Crippen LogP contribution in [0.2, 0.25) is 0 Å². The highest BCUT2D eigenvalue weighted by Gasteiger charge is 2.67. The molecule has 8 unspecified atom stereocenters. The Kier molecular flexibility index (Phi) is 6.63. The molecule has 1 aromatic heterocycles. The molecule has 5 fully saturated rings. The zero-order valence-corrected chi connectivity index (χ0v) is 23.7. The maximum absolute atomic E-state index is 12.9. The van der Waals surface area contributed by atoms with E-state index in [4.69, 9.17) is 9.15 Å². The second kappa shape index (κ2) is 9.64. The van der Waals surface area contributed by atoms with E-state index in [9.17, 15) is 19.5 Å². The van der Waals surface area contributed by atoms with Gasteiger partial charge in [-0.2, -0.15) is 0 Å². The first-order valence-electron chi connectivity index (χ1n) is 15.1. The Bertz CT molecular complexity index is 1160. The number of hydrogen-bond donors (Lipinski definition) is 1. The number of fused-ring (bicyclic) bond motifs is 5. The standard InChI is InChI=1S/C31H44N2O6/c1-20(34)32-14-16-33(17-15-32)28(36)39-23-8-11-29(2)22(18-23)5-6-26-25(29)9-12-30(3)24(10-13-31(26,30)37)21-4-7-27(35)38-19-21/h4,7,19,22-26,37H,5-6,8-18H2,1-3H3. The second-order valence-corrected chi connectivity index (χ2v) is 13.6. The molecule has 1 saturated heterocycles. The Hall–Kier alpha value is -2.35. The average Bonchev–Trinajstić information content (AvgIpc) is 3.20. The maximum Gasteiger partial charge on any atom is 0.410 e. The van der Waals surface area contributed by atoms with Gasteiger partial charge in [-0.15, -0.1) is 0 Å². The molecular weight excluding hydrogens is 496 g/mol. The van der Waals surface area contributed by atoms with Gasteiger partial charge in [0.05, 0.1) is 11.9 Å². The van der Waals surface area contributed by atoms with E-state index in [1.807, 2.05) is 6.07 Å². The van der Waals surface area contributed by atoms with Gasteiger partial charge in [-0.05, 0) is 98.5 Å². The average molecular weight is 541 g/mol. The highest BCUT2D eigenvalue weighted by atomic mass is 16.6. The Morgan fingerprint density at radius 3 is 2.38 bits per heavy atom. The number of carbonyl (C=O) groups excluding carboxylic acids is 2. The Labute approximate surface area is 231 Å². The van der Waals surface area contributed by atoms with Crippen LogP contribution in [0.1, 0.15) is 90.0 Å². The summed E-state index contributed by atoms with van der Waals surface area (Å²) in [4.78, 5) is 39.6. The lowest BCUT2D eigenvalue weighted by atomic mass is 9.43. The fraction of sp³-hybridized carbons (Fsp3) is 0.774. The SMILES string of the molecule is CC(=O)N1CCN(C(=O)OC2CCC3(C)C(CCC4C3CCC3(C)C(c5ccc(=O)oc5)CCC43O)C2)CC1. The Morgan fingerprint density at radius 1 is 0.949 bits per heavy atom. The fourth-order valence-electron chi connectivity index (χ4n) is 9.82. The number of carbonyl (C=O) groups is 2. The monoisotopic (exact) mass is 540 g/mol. The summed E-state index contributed by atoms with van der Waals surface area (Å²) < 4.78 is 11.3. The molecule has 5 aliphatic rings. The quantitative estimate of drug-likeness (QED) is 0.591. The van der Waals surface area contributed by atoms with Gasteiger partial charge in [0, 0.05) is 44.6 Å². The molecule has 39 heavy (non-hydrogen) atoms. The van der Waals surface area contributed by atoms with E-state index in [2.05, 4.69) is 13.8 Å². The first kappa shape index (κ1) is 26.9. The van der Waals surface area contributed by atoms with Crippen molar-refractivity contribution >= 4 is 12.0 Å². The van der Waals surface area contributed by atoms with Crippen LogP contribution in [-0.2, 0) is 9.53 Å². The van der Waals surface area contributed by atoms with E-state index < -0.39 is 5.60 Å². The minimum Gasteiger partial charge on any atom is -0.446 e. The summed E-state index contributed by atoms with van der Waals surface area (Å²) in [6, 6.07) is 3.40. The number of hydrogen-bond acceptors (Lipinski definition) is 6. The molecule has 4 saturated carbocycles. The van der Waals surface area contributed by atoms with E-state index in [0.717, 1.165) is 63.4 Å². The normalized spacial score (nSPS) is 41.8. The van der Waals surface area contributed by atoms with Crippen LogP contribution in [0.25, 0.3) is 0 Å². The van der Waals surface area contributed by atoms with Crippen LogP contribution in [0, 0.1) is 28.6 Å². The van der Waals surface area contributed by atoms with Crippen molar-refractivity contribution in [2.24, 2.45) is 28.6 Å². The molecule has 0 aromatic carbocycles. The molecule has 2 heterocycles. The van der Waals surface area contributed by atoms with Crippen LogP contribution in [-0.4, -0.2) is 64.8 Å². The van der Waals surface area contributed by atoms with Crippen molar-refractivity contribution in [1.82, 2.24) is 9.80 Å². The van der Waals surface area contributed by atoms with E-state index in [0.29, 0.717) is 38.0 Å². The minimum atomic E-state index is -0.712. The highest BCUT2D eigenvalue weighted by Crippen LogP contribution is 2.70. The number of nitrogens with zero attached hydrogens (tertiary/aromatic N) is 2. The summed E-state index contributed by atoms with van der Waals surface area (Å²) in [6.07, 6.45) is 9.99. The summed E-state index contributed by atoms with van der Waals surface area (Å²) in [5.74, 6) is 1.49. The largest absolute Gasteiger partial charge is 0.446 e. The minimum absolute atomic E-state index is 0.0550. The molecule has 6 rings (SSSR count). The molecule has 1 aliphatic heterocycles. The van der Waals surface area contributed by atoms with E-state index in [1.165, 1.54) is 6.07 Å². The Balaban J connectivity index is 1.12. The topological polar surface area (TPSA) is 100 Å². The predicted octanol–water partition coefficient (Wildman–Crippen LogP) is 4.55. The number of aliphatic hydroxyl groups is 1. The highest BCUT2D eigenvalue weighted by molar-refractivity contribution is 5.74. The van der Waals surface area contributed by atoms with Gasteiger partial charge in [-0.1, -0.05) is 13.8 Å². The Morgan fingerprint density at radius 2 is 1.69 bits per heavy atom. The first-order chi connectivity index (χ1) is 18.5. The third-order valence-electron chi connectivity index (χ3n) is 12.2. The molecule has 8 heteroatoms. The van der Waals surface area contributed by atoms with Gasteiger partial charge in [-0.3, -0.25) is 4.79 Å². The number of piperazine rings is 1. The van der Waals surface area contributed by atoms with Crippen LogP contribution >= 0.6 is 0 Å². The van der Waals surface area contributed by atoms with Crippen molar-refractivity contribution < 1.29 is 23.8 Å². The van der Waals surface area contributed by atoms with E-state index >= 15 is 0 Å². The molecular formula is C31H44N2O6. The van der Waals surface area contributed by atoms with Crippen LogP contribution < -0.4 is 5.63 Å². The third-order valence-corrected chi connectivity index (χ3v) is 12.2. The predicted molar refractivity (Wildman–Crippen MR) is 145 cm³/mol. The smallest absolute Gasteiger partial charge is 0.410 e. The lowest BCUT2D eigenvalue weighted by Gasteiger charge is -2.63.